The highest BCUT2D eigenvalue weighted by Crippen LogP contribution is 2.22. The van der Waals surface area contributed by atoms with Crippen LogP contribution in [-0.2, 0) is 10.2 Å². The highest BCUT2D eigenvalue weighted by molar-refractivity contribution is 7.87. The number of nitrogens with one attached hydrogen (secondary N) is 1. The van der Waals surface area contributed by atoms with Gasteiger partial charge in [0.1, 0.15) is 0 Å². The van der Waals surface area contributed by atoms with Crippen LogP contribution in [0.4, 0.5) is 0 Å². The number of nitrogens with zero attached hydrogens (tertiary/aromatic N) is 1. The molecule has 98 valence electrons. The number of rotatable bonds is 5. The van der Waals surface area contributed by atoms with E-state index in [1.807, 2.05) is 0 Å². The maximum Gasteiger partial charge on any atom is 0.280 e. The third-order valence-electron chi connectivity index (χ3n) is 3.02. The number of aliphatic hydroxyl groups is 1. The average molecular weight is 252 g/mol. The first-order valence-electron chi connectivity index (χ1n) is 5.30. The fourth-order valence-electron chi connectivity index (χ4n) is 0.797. The van der Waals surface area contributed by atoms with E-state index in [9.17, 15) is 13.5 Å². The summed E-state index contributed by atoms with van der Waals surface area (Å²) in [6, 6.07) is -0.130. The van der Waals surface area contributed by atoms with Gasteiger partial charge < -0.3 is 5.11 Å². The first kappa shape index (κ1) is 15.8. The molecule has 0 saturated heterocycles. The van der Waals surface area contributed by atoms with Crippen molar-refractivity contribution in [1.29, 1.82) is 0 Å². The average Bonchev–Trinajstić information content (AvgIpc) is 1.98. The summed E-state index contributed by atoms with van der Waals surface area (Å²) in [5, 5.41) is 9.88. The molecule has 2 N–H and O–H groups in total. The minimum atomic E-state index is -3.58. The van der Waals surface area contributed by atoms with Crippen LogP contribution in [0.1, 0.15) is 41.5 Å². The predicted octanol–water partition coefficient (Wildman–Crippen LogP) is 0.711. The van der Waals surface area contributed by atoms with Gasteiger partial charge in [0.05, 0.1) is 11.1 Å². The Bertz CT molecular complexity index is 328. The van der Waals surface area contributed by atoms with Gasteiger partial charge in [0.25, 0.3) is 10.2 Å². The van der Waals surface area contributed by atoms with Crippen LogP contribution in [-0.4, -0.2) is 42.1 Å². The molecule has 0 amide bonds. The Balaban J connectivity index is 5.00. The molecule has 0 aliphatic rings. The molecule has 0 rings (SSSR count). The van der Waals surface area contributed by atoms with Crippen LogP contribution in [0.3, 0.4) is 0 Å². The van der Waals surface area contributed by atoms with Crippen molar-refractivity contribution >= 4 is 10.2 Å². The van der Waals surface area contributed by atoms with Gasteiger partial charge in [0.15, 0.2) is 0 Å². The van der Waals surface area contributed by atoms with Crippen molar-refractivity contribution in [2.75, 3.05) is 7.05 Å². The zero-order valence-corrected chi connectivity index (χ0v) is 12.0. The van der Waals surface area contributed by atoms with E-state index in [0.717, 1.165) is 0 Å². The van der Waals surface area contributed by atoms with Gasteiger partial charge >= 0.3 is 0 Å². The van der Waals surface area contributed by atoms with Gasteiger partial charge in [0.2, 0.25) is 0 Å². The molecular weight excluding hydrogens is 228 g/mol. The monoisotopic (exact) mass is 252 g/mol. The second kappa shape index (κ2) is 4.60. The largest absolute Gasteiger partial charge is 0.389 e. The molecule has 0 aliphatic carbocycles. The Labute approximate surface area is 99.0 Å². The highest BCUT2D eigenvalue weighted by atomic mass is 32.2. The van der Waals surface area contributed by atoms with Gasteiger partial charge in [-0.2, -0.15) is 17.4 Å². The third-order valence-corrected chi connectivity index (χ3v) is 4.97. The molecule has 0 fully saturated rings. The topological polar surface area (TPSA) is 69.6 Å². The van der Waals surface area contributed by atoms with Gasteiger partial charge in [-0.3, -0.25) is 0 Å². The summed E-state index contributed by atoms with van der Waals surface area (Å²) in [7, 11) is -2.07. The Morgan fingerprint density at radius 2 is 1.56 bits per heavy atom. The summed E-state index contributed by atoms with van der Waals surface area (Å²) < 4.78 is 27.6. The highest BCUT2D eigenvalue weighted by Gasteiger charge is 2.39. The first-order valence-corrected chi connectivity index (χ1v) is 6.74. The number of hydrogen-bond acceptors (Lipinski definition) is 3. The van der Waals surface area contributed by atoms with Gasteiger partial charge in [0, 0.05) is 13.1 Å². The minimum absolute atomic E-state index is 0.130. The molecule has 0 radical (unpaired) electrons. The van der Waals surface area contributed by atoms with E-state index in [0.29, 0.717) is 0 Å². The van der Waals surface area contributed by atoms with Crippen LogP contribution >= 0.6 is 0 Å². The molecule has 0 aromatic heterocycles. The van der Waals surface area contributed by atoms with E-state index >= 15 is 0 Å². The lowest BCUT2D eigenvalue weighted by Gasteiger charge is -2.39. The van der Waals surface area contributed by atoms with Crippen LogP contribution in [0.2, 0.25) is 0 Å². The molecule has 0 aromatic rings. The summed E-state index contributed by atoms with van der Waals surface area (Å²) in [6.45, 7) is 10.0. The standard InChI is InChI=1S/C10H24N2O3S/c1-8(2)12(7)16(14,15)11-9(3,4)10(5,6)13/h8,11,13H,1-7H3. The van der Waals surface area contributed by atoms with Crippen molar-refractivity contribution in [1.82, 2.24) is 9.03 Å². The lowest BCUT2D eigenvalue weighted by Crippen LogP contribution is -2.60. The second-order valence-electron chi connectivity index (χ2n) is 5.40. The SMILES string of the molecule is CC(C)N(C)S(=O)(=O)NC(C)(C)C(C)(C)O. The van der Waals surface area contributed by atoms with Crippen molar-refractivity contribution in [2.24, 2.45) is 0 Å². The lowest BCUT2D eigenvalue weighted by molar-refractivity contribution is 0.00562. The Kier molecular flexibility index (Phi) is 4.55. The smallest absolute Gasteiger partial charge is 0.280 e. The van der Waals surface area contributed by atoms with Crippen LogP contribution in [0.5, 0.6) is 0 Å². The van der Waals surface area contributed by atoms with Crippen molar-refractivity contribution in [3.8, 4) is 0 Å². The lowest BCUT2D eigenvalue weighted by atomic mass is 9.87. The van der Waals surface area contributed by atoms with E-state index in [1.165, 1.54) is 11.4 Å². The minimum Gasteiger partial charge on any atom is -0.389 e. The van der Waals surface area contributed by atoms with Crippen LogP contribution in [0.25, 0.3) is 0 Å². The fraction of sp³-hybridized carbons (Fsp3) is 1.00. The van der Waals surface area contributed by atoms with E-state index < -0.39 is 21.3 Å². The molecular formula is C10H24N2O3S. The summed E-state index contributed by atoms with van der Waals surface area (Å²) in [5.41, 5.74) is -2.08. The molecule has 5 nitrogen and oxygen atoms in total. The number of hydrogen-bond donors (Lipinski definition) is 2. The Morgan fingerprint density at radius 3 is 1.81 bits per heavy atom. The van der Waals surface area contributed by atoms with Crippen LogP contribution in [0.15, 0.2) is 0 Å². The van der Waals surface area contributed by atoms with E-state index in [1.54, 1.807) is 41.5 Å². The first-order chi connectivity index (χ1) is 6.81. The summed E-state index contributed by atoms with van der Waals surface area (Å²) in [6.07, 6.45) is 0. The Hall–Kier alpha value is -0.170. The second-order valence-corrected chi connectivity index (χ2v) is 7.13. The summed E-state index contributed by atoms with van der Waals surface area (Å²) in [4.78, 5) is 0. The molecule has 0 aromatic carbocycles. The van der Waals surface area contributed by atoms with Gasteiger partial charge in [-0.15, -0.1) is 0 Å². The van der Waals surface area contributed by atoms with E-state index in [4.69, 9.17) is 0 Å². The maximum atomic E-state index is 11.9. The summed E-state index contributed by atoms with van der Waals surface area (Å²) in [5.74, 6) is 0. The van der Waals surface area contributed by atoms with Gasteiger partial charge in [-0.1, -0.05) is 0 Å². The zero-order chi connectivity index (χ0) is 13.4. The molecule has 0 heterocycles. The van der Waals surface area contributed by atoms with Crippen molar-refractivity contribution in [3.63, 3.8) is 0 Å². The fourth-order valence-corrected chi connectivity index (χ4v) is 2.39. The zero-order valence-electron chi connectivity index (χ0n) is 11.2. The van der Waals surface area contributed by atoms with Gasteiger partial charge in [-0.25, -0.2) is 0 Å². The maximum absolute atomic E-state index is 11.9. The molecule has 6 heteroatoms. The van der Waals surface area contributed by atoms with Crippen molar-refractivity contribution in [2.45, 2.75) is 58.7 Å². The molecule has 0 bridgehead atoms. The normalized spacial score (nSPS) is 14.9. The third kappa shape index (κ3) is 3.69. The molecule has 0 unspecified atom stereocenters. The molecule has 0 spiro atoms. The molecule has 16 heavy (non-hydrogen) atoms. The van der Waals surface area contributed by atoms with Gasteiger partial charge in [-0.05, 0) is 41.5 Å². The summed E-state index contributed by atoms with van der Waals surface area (Å²) >= 11 is 0. The molecule has 0 atom stereocenters. The van der Waals surface area contributed by atoms with Crippen LogP contribution in [0, 0.1) is 0 Å². The molecule has 0 saturated carbocycles. The Morgan fingerprint density at radius 1 is 1.19 bits per heavy atom. The van der Waals surface area contributed by atoms with Crippen molar-refractivity contribution in [3.05, 3.63) is 0 Å². The van der Waals surface area contributed by atoms with Crippen molar-refractivity contribution < 1.29 is 13.5 Å². The predicted molar refractivity (Wildman–Crippen MR) is 65.3 cm³/mol. The van der Waals surface area contributed by atoms with Crippen LogP contribution < -0.4 is 4.72 Å². The van der Waals surface area contributed by atoms with E-state index in [-0.39, 0.29) is 6.04 Å². The molecule has 0 aliphatic heterocycles. The van der Waals surface area contributed by atoms with E-state index in [2.05, 4.69) is 4.72 Å². The quantitative estimate of drug-likeness (QED) is 0.757.